The van der Waals surface area contributed by atoms with Gasteiger partial charge in [-0.3, -0.25) is 0 Å². The Morgan fingerprint density at radius 2 is 0.812 bits per heavy atom. The summed E-state index contributed by atoms with van der Waals surface area (Å²) in [7, 11) is 0. The Bertz CT molecular complexity index is 202. The molecule has 0 unspecified atom stereocenters. The van der Waals surface area contributed by atoms with E-state index in [1.165, 1.54) is 0 Å². The SMILES string of the molecule is O=C([O-])C(F)(F)F.O=C([O-])C(F)(F)F.[Cs+].[K+]. The van der Waals surface area contributed by atoms with Crippen LogP contribution in [0.1, 0.15) is 0 Å². The maximum absolute atomic E-state index is 10.5. The fraction of sp³-hybridized carbons (Fsp3) is 0.500. The molecule has 16 heavy (non-hydrogen) atoms. The van der Waals surface area contributed by atoms with Gasteiger partial charge < -0.3 is 19.8 Å². The summed E-state index contributed by atoms with van der Waals surface area (Å²) in [6, 6.07) is 0. The molecule has 0 aromatic carbocycles. The molecule has 0 aliphatic rings. The summed E-state index contributed by atoms with van der Waals surface area (Å²) in [6.45, 7) is 0. The van der Waals surface area contributed by atoms with Crippen molar-refractivity contribution in [3.8, 4) is 0 Å². The largest absolute Gasteiger partial charge is 1.00 e. The van der Waals surface area contributed by atoms with E-state index in [0.29, 0.717) is 0 Å². The van der Waals surface area contributed by atoms with E-state index in [9.17, 15) is 26.3 Å². The van der Waals surface area contributed by atoms with Gasteiger partial charge in [-0.15, -0.1) is 0 Å². The molecule has 0 radical (unpaired) electrons. The van der Waals surface area contributed by atoms with Crippen molar-refractivity contribution >= 4 is 11.9 Å². The predicted octanol–water partition coefficient (Wildman–Crippen LogP) is -7.39. The number of carboxylic acids is 2. The van der Waals surface area contributed by atoms with Gasteiger partial charge in [0.1, 0.15) is 11.9 Å². The van der Waals surface area contributed by atoms with Gasteiger partial charge in [0, 0.05) is 0 Å². The minimum atomic E-state index is -5.19. The summed E-state index contributed by atoms with van der Waals surface area (Å²) < 4.78 is 63.1. The molecular weight excluding hydrogens is 398 g/mol. The van der Waals surface area contributed by atoms with Crippen LogP contribution in [0.4, 0.5) is 26.3 Å². The molecule has 0 saturated heterocycles. The van der Waals surface area contributed by atoms with Gasteiger partial charge in [-0.05, 0) is 0 Å². The zero-order valence-electron chi connectivity index (χ0n) is 7.90. The van der Waals surface area contributed by atoms with Gasteiger partial charge in [0.25, 0.3) is 0 Å². The zero-order chi connectivity index (χ0) is 12.2. The minimum absolute atomic E-state index is 0. The summed E-state index contributed by atoms with van der Waals surface area (Å²) in [5.74, 6) is -6.01. The Hall–Kier alpha value is 2.21. The Kier molecular flexibility index (Phi) is 18.5. The van der Waals surface area contributed by atoms with Gasteiger partial charge in [0.2, 0.25) is 0 Å². The van der Waals surface area contributed by atoms with Crippen LogP contribution in [0.15, 0.2) is 0 Å². The maximum atomic E-state index is 10.5. The molecule has 0 bridgehead atoms. The number of halogens is 6. The Morgan fingerprint density at radius 1 is 0.750 bits per heavy atom. The molecule has 4 nitrogen and oxygen atoms in total. The zero-order valence-corrected chi connectivity index (χ0v) is 17.3. The van der Waals surface area contributed by atoms with Crippen LogP contribution in [0, 0.1) is 0 Å². The van der Waals surface area contributed by atoms with Crippen LogP contribution in [0.2, 0.25) is 0 Å². The van der Waals surface area contributed by atoms with Gasteiger partial charge in [0.15, 0.2) is 0 Å². The van der Waals surface area contributed by atoms with Crippen molar-refractivity contribution in [1.29, 1.82) is 0 Å². The molecule has 0 aromatic rings. The second-order valence-electron chi connectivity index (χ2n) is 1.57. The maximum Gasteiger partial charge on any atom is 1.00 e. The number of rotatable bonds is 0. The molecule has 0 aromatic heterocycles. The van der Waals surface area contributed by atoms with Crippen molar-refractivity contribution in [1.82, 2.24) is 0 Å². The first-order valence-corrected chi connectivity index (χ1v) is 2.45. The minimum Gasteiger partial charge on any atom is -0.542 e. The van der Waals surface area contributed by atoms with Crippen LogP contribution in [-0.4, -0.2) is 24.3 Å². The molecule has 12 heteroatoms. The fourth-order valence-corrected chi connectivity index (χ4v) is 0. The molecule has 0 saturated carbocycles. The summed E-state index contributed by atoms with van der Waals surface area (Å²) in [5, 5.41) is 17.6. The molecule has 0 rings (SSSR count). The number of hydrogen-bond donors (Lipinski definition) is 0. The fourth-order valence-electron chi connectivity index (χ4n) is 0. The third-order valence-corrected chi connectivity index (χ3v) is 0.463. The van der Waals surface area contributed by atoms with Crippen molar-refractivity contribution in [2.75, 3.05) is 0 Å². The van der Waals surface area contributed by atoms with Crippen LogP contribution in [0.3, 0.4) is 0 Å². The standard InChI is InChI=1S/2C2HF3O2.Cs.K/c2*3-2(4,5)1(6)7;;/h2*(H,6,7);;/q;;2*+1/p-2. The van der Waals surface area contributed by atoms with Gasteiger partial charge in [0.05, 0.1) is 0 Å². The second-order valence-corrected chi connectivity index (χ2v) is 1.57. The number of alkyl halides is 6. The first-order chi connectivity index (χ1) is 5.89. The van der Waals surface area contributed by atoms with Crippen LogP contribution >= 0.6 is 0 Å². The summed E-state index contributed by atoms with van der Waals surface area (Å²) >= 11 is 0. The van der Waals surface area contributed by atoms with Crippen molar-refractivity contribution in [3.05, 3.63) is 0 Å². The normalized spacial score (nSPS) is 9.88. The van der Waals surface area contributed by atoms with Crippen LogP contribution in [-0.2, 0) is 9.59 Å². The number of hydrogen-bond acceptors (Lipinski definition) is 4. The topological polar surface area (TPSA) is 80.3 Å². The third kappa shape index (κ3) is 18.6. The van der Waals surface area contributed by atoms with Gasteiger partial charge in [-0.1, -0.05) is 0 Å². The van der Waals surface area contributed by atoms with Gasteiger partial charge >= 0.3 is 133 Å². The number of carbonyl (C=O) groups excluding carboxylic acids is 2. The second kappa shape index (κ2) is 11.1. The van der Waals surface area contributed by atoms with Crippen LogP contribution in [0.25, 0.3) is 0 Å². The van der Waals surface area contributed by atoms with E-state index in [1.54, 1.807) is 0 Å². The Morgan fingerprint density at radius 3 is 0.812 bits per heavy atom. The molecule has 84 valence electrons. The molecule has 0 aliphatic heterocycles. The Balaban J connectivity index is -0.0000000800. The summed E-state index contributed by atoms with van der Waals surface area (Å²) in [5.41, 5.74) is 0. The van der Waals surface area contributed by atoms with E-state index in [1.807, 2.05) is 0 Å². The Labute approximate surface area is 186 Å². The van der Waals surface area contributed by atoms with E-state index in [-0.39, 0.29) is 120 Å². The van der Waals surface area contributed by atoms with E-state index in [2.05, 4.69) is 0 Å². The van der Waals surface area contributed by atoms with E-state index >= 15 is 0 Å². The number of aliphatic carboxylic acids is 2. The predicted molar refractivity (Wildman–Crippen MR) is 22.1 cm³/mol. The van der Waals surface area contributed by atoms with Gasteiger partial charge in [-0.25, -0.2) is 0 Å². The van der Waals surface area contributed by atoms with Crippen molar-refractivity contribution < 1.29 is 166 Å². The van der Waals surface area contributed by atoms with E-state index < -0.39 is 24.3 Å². The quantitative estimate of drug-likeness (QED) is 0.300. The average Bonchev–Trinajstić information content (AvgIpc) is 1.83. The molecular formula is C4CsF6KO4. The third-order valence-electron chi connectivity index (χ3n) is 0.463. The molecule has 0 fully saturated rings. The van der Waals surface area contributed by atoms with Crippen LogP contribution in [0.5, 0.6) is 0 Å². The van der Waals surface area contributed by atoms with E-state index in [4.69, 9.17) is 19.8 Å². The molecule has 0 amide bonds. The average molecular weight is 398 g/mol. The van der Waals surface area contributed by atoms with Crippen molar-refractivity contribution in [3.63, 3.8) is 0 Å². The number of carbonyl (C=O) groups is 2. The summed E-state index contributed by atoms with van der Waals surface area (Å²) in [4.78, 5) is 17.6. The smallest absolute Gasteiger partial charge is 0.542 e. The van der Waals surface area contributed by atoms with Crippen molar-refractivity contribution in [2.45, 2.75) is 12.4 Å². The molecule has 0 spiro atoms. The monoisotopic (exact) mass is 398 g/mol. The molecule has 0 heterocycles. The molecule has 0 N–H and O–H groups in total. The van der Waals surface area contributed by atoms with E-state index in [0.717, 1.165) is 0 Å². The number of carboxylic acid groups (broad SMARTS) is 2. The first-order valence-electron chi connectivity index (χ1n) is 2.45. The van der Waals surface area contributed by atoms with Gasteiger partial charge in [-0.2, -0.15) is 26.3 Å². The molecule has 0 aliphatic carbocycles. The van der Waals surface area contributed by atoms with Crippen molar-refractivity contribution in [2.24, 2.45) is 0 Å². The first kappa shape index (κ1) is 26.7. The molecule has 0 atom stereocenters. The van der Waals surface area contributed by atoms with Crippen LogP contribution < -0.4 is 130 Å². The summed E-state index contributed by atoms with van der Waals surface area (Å²) in [6.07, 6.45) is -10.4.